The molecule has 0 unspecified atom stereocenters. The molecule has 0 bridgehead atoms. The van der Waals surface area contributed by atoms with Crippen molar-refractivity contribution in [2.24, 2.45) is 0 Å². The number of aryl methyl sites for hydroxylation is 2. The molecule has 5 rings (SSSR count). The smallest absolute Gasteiger partial charge is 1.00 e. The van der Waals surface area contributed by atoms with Crippen LogP contribution in [0.25, 0.3) is 11.0 Å². The van der Waals surface area contributed by atoms with E-state index in [1.165, 1.54) is 12.1 Å². The summed E-state index contributed by atoms with van der Waals surface area (Å²) in [5.74, 6) is 0.974. The first kappa shape index (κ1) is 22.6. The molecule has 0 amide bonds. The molecule has 1 fully saturated rings. The predicted octanol–water partition coefficient (Wildman–Crippen LogP) is 0.707. The second-order valence-electron chi connectivity index (χ2n) is 8.58. The maximum atomic E-state index is 13.4. The molecule has 1 saturated heterocycles. The van der Waals surface area contributed by atoms with Crippen LogP contribution in [0.15, 0.2) is 27.5 Å². The number of hydrogen-bond donors (Lipinski definition) is 0. The Morgan fingerprint density at radius 3 is 2.84 bits per heavy atom. The number of likely N-dealkylation sites (tertiary alicyclic amines) is 1. The van der Waals surface area contributed by atoms with Gasteiger partial charge in [-0.05, 0) is 64.3 Å². The SMILES string of the molecule is Cc1nc2n(c(=O)c1CCN1CCC(c3noc4cc(F)ccc34)CC1)CCCC2.[H-].[Na+]. The van der Waals surface area contributed by atoms with Gasteiger partial charge in [-0.15, -0.1) is 0 Å². The van der Waals surface area contributed by atoms with E-state index in [1.807, 2.05) is 11.5 Å². The van der Waals surface area contributed by atoms with Crippen molar-refractivity contribution in [2.75, 3.05) is 19.6 Å². The van der Waals surface area contributed by atoms with Gasteiger partial charge in [-0.1, -0.05) is 5.16 Å². The Bertz CT molecular complexity index is 1140. The third kappa shape index (κ3) is 4.51. The summed E-state index contributed by atoms with van der Waals surface area (Å²) in [4.78, 5) is 20.1. The number of hydrogen-bond acceptors (Lipinski definition) is 5. The molecule has 1 aromatic carbocycles. The number of piperidine rings is 1. The van der Waals surface area contributed by atoms with Gasteiger partial charge >= 0.3 is 29.6 Å². The Morgan fingerprint density at radius 2 is 2.03 bits per heavy atom. The molecule has 0 atom stereocenters. The van der Waals surface area contributed by atoms with Gasteiger partial charge in [0.05, 0.1) is 5.69 Å². The van der Waals surface area contributed by atoms with Gasteiger partial charge in [0, 0.05) is 48.1 Å². The number of benzene rings is 1. The molecule has 0 aliphatic carbocycles. The van der Waals surface area contributed by atoms with Crippen molar-refractivity contribution in [3.05, 3.63) is 57.1 Å². The van der Waals surface area contributed by atoms with E-state index < -0.39 is 0 Å². The maximum Gasteiger partial charge on any atom is 1.00 e. The Labute approximate surface area is 204 Å². The molecule has 0 N–H and O–H groups in total. The molecule has 3 aromatic rings. The van der Waals surface area contributed by atoms with Crippen LogP contribution in [-0.4, -0.2) is 39.2 Å². The van der Waals surface area contributed by atoms with E-state index in [0.29, 0.717) is 11.5 Å². The fourth-order valence-electron chi connectivity index (χ4n) is 4.94. The normalized spacial score (nSPS) is 17.5. The summed E-state index contributed by atoms with van der Waals surface area (Å²) in [6.45, 7) is 5.55. The Hall–Kier alpha value is -1.54. The van der Waals surface area contributed by atoms with Crippen molar-refractivity contribution in [2.45, 2.75) is 57.9 Å². The molecular formula is C23H28FN4NaO2. The minimum Gasteiger partial charge on any atom is -1.00 e. The fourth-order valence-corrected chi connectivity index (χ4v) is 4.94. The van der Waals surface area contributed by atoms with Crippen molar-refractivity contribution in [1.82, 2.24) is 19.6 Å². The first-order valence-electron chi connectivity index (χ1n) is 11.0. The van der Waals surface area contributed by atoms with Crippen molar-refractivity contribution in [3.8, 4) is 0 Å². The number of fused-ring (bicyclic) bond motifs is 2. The standard InChI is InChI=1S/C23H27FN4O2.Na.H/c1-15-18(23(29)28-10-3-2-4-21(28)25-15)9-13-27-11-7-16(8-12-27)22-19-6-5-17(24)14-20(19)30-26-22;;/h5-6,14,16H,2-4,7-13H2,1H3;;/q;+1;-1. The summed E-state index contributed by atoms with van der Waals surface area (Å²) in [5, 5.41) is 5.15. The molecular weight excluding hydrogens is 406 g/mol. The third-order valence-electron chi connectivity index (χ3n) is 6.69. The summed E-state index contributed by atoms with van der Waals surface area (Å²) < 4.78 is 20.6. The quantitative estimate of drug-likeness (QED) is 0.566. The Morgan fingerprint density at radius 1 is 1.23 bits per heavy atom. The van der Waals surface area contributed by atoms with Gasteiger partial charge in [-0.3, -0.25) is 9.36 Å². The molecule has 2 aromatic heterocycles. The van der Waals surface area contributed by atoms with Gasteiger partial charge in [-0.2, -0.15) is 0 Å². The minimum absolute atomic E-state index is 0. The molecule has 6 nitrogen and oxygen atoms in total. The second-order valence-corrected chi connectivity index (χ2v) is 8.58. The van der Waals surface area contributed by atoms with Crippen LogP contribution >= 0.6 is 0 Å². The molecule has 0 radical (unpaired) electrons. The minimum atomic E-state index is -0.303. The Balaban J connectivity index is 0.00000144. The van der Waals surface area contributed by atoms with Crippen molar-refractivity contribution >= 4 is 11.0 Å². The van der Waals surface area contributed by atoms with Crippen LogP contribution in [0.3, 0.4) is 0 Å². The zero-order valence-electron chi connectivity index (χ0n) is 19.4. The summed E-state index contributed by atoms with van der Waals surface area (Å²) in [7, 11) is 0. The zero-order chi connectivity index (χ0) is 20.7. The van der Waals surface area contributed by atoms with E-state index >= 15 is 0 Å². The van der Waals surface area contributed by atoms with E-state index in [4.69, 9.17) is 9.51 Å². The van der Waals surface area contributed by atoms with Gasteiger partial charge < -0.3 is 10.8 Å². The summed E-state index contributed by atoms with van der Waals surface area (Å²) in [6.07, 6.45) is 5.81. The Kier molecular flexibility index (Phi) is 6.96. The average Bonchev–Trinajstić information content (AvgIpc) is 3.17. The molecule has 8 heteroatoms. The molecule has 0 saturated carbocycles. The first-order valence-corrected chi connectivity index (χ1v) is 11.0. The molecule has 31 heavy (non-hydrogen) atoms. The van der Waals surface area contributed by atoms with Gasteiger partial charge in [0.2, 0.25) is 0 Å². The van der Waals surface area contributed by atoms with E-state index in [2.05, 4.69) is 10.1 Å². The first-order chi connectivity index (χ1) is 14.6. The second kappa shape index (κ2) is 9.53. The molecule has 160 valence electrons. The number of halogens is 1. The average molecular weight is 434 g/mol. The number of nitrogens with zero attached hydrogens (tertiary/aromatic N) is 4. The summed E-state index contributed by atoms with van der Waals surface area (Å²) >= 11 is 0. The number of rotatable bonds is 4. The van der Waals surface area contributed by atoms with Crippen LogP contribution in [0.1, 0.15) is 55.8 Å². The van der Waals surface area contributed by atoms with E-state index in [1.54, 1.807) is 6.07 Å². The fraction of sp³-hybridized carbons (Fsp3) is 0.522. The summed E-state index contributed by atoms with van der Waals surface area (Å²) in [6, 6.07) is 4.63. The van der Waals surface area contributed by atoms with E-state index in [9.17, 15) is 9.18 Å². The van der Waals surface area contributed by atoms with Crippen LogP contribution in [0.4, 0.5) is 4.39 Å². The molecule has 2 aliphatic rings. The van der Waals surface area contributed by atoms with Crippen molar-refractivity contribution < 1.29 is 39.9 Å². The van der Waals surface area contributed by atoms with Crippen LogP contribution in [-0.2, 0) is 19.4 Å². The maximum absolute atomic E-state index is 13.4. The monoisotopic (exact) mass is 434 g/mol. The third-order valence-corrected chi connectivity index (χ3v) is 6.69. The van der Waals surface area contributed by atoms with Gasteiger partial charge in [-0.25, -0.2) is 9.37 Å². The van der Waals surface area contributed by atoms with Gasteiger partial charge in [0.1, 0.15) is 11.6 Å². The molecule has 0 spiro atoms. The van der Waals surface area contributed by atoms with Crippen LogP contribution < -0.4 is 35.1 Å². The summed E-state index contributed by atoms with van der Waals surface area (Å²) in [5.41, 5.74) is 3.38. The predicted molar refractivity (Wildman–Crippen MR) is 113 cm³/mol. The zero-order valence-corrected chi connectivity index (χ0v) is 20.4. The van der Waals surface area contributed by atoms with Crippen LogP contribution in [0.5, 0.6) is 0 Å². The van der Waals surface area contributed by atoms with Crippen molar-refractivity contribution in [1.29, 1.82) is 0 Å². The van der Waals surface area contributed by atoms with Crippen molar-refractivity contribution in [3.63, 3.8) is 0 Å². The molecule has 2 aliphatic heterocycles. The largest absolute Gasteiger partial charge is 1.00 e. The van der Waals surface area contributed by atoms with Crippen LogP contribution in [0.2, 0.25) is 0 Å². The number of aromatic nitrogens is 3. The van der Waals surface area contributed by atoms with E-state index in [0.717, 1.165) is 92.9 Å². The van der Waals surface area contributed by atoms with E-state index in [-0.39, 0.29) is 42.4 Å². The topological polar surface area (TPSA) is 64.2 Å². The van der Waals surface area contributed by atoms with Gasteiger partial charge in [0.15, 0.2) is 5.58 Å². The molecule has 4 heterocycles. The van der Waals surface area contributed by atoms with Crippen LogP contribution in [0, 0.1) is 12.7 Å². The van der Waals surface area contributed by atoms with Gasteiger partial charge in [0.25, 0.3) is 5.56 Å².